The van der Waals surface area contributed by atoms with Gasteiger partial charge in [-0.05, 0) is 81.0 Å². The summed E-state index contributed by atoms with van der Waals surface area (Å²) in [7, 11) is 0. The molecule has 3 nitrogen and oxygen atoms in total. The minimum Gasteiger partial charge on any atom is -0.346 e. The Kier molecular flexibility index (Phi) is 3.58. The summed E-state index contributed by atoms with van der Waals surface area (Å²) < 4.78 is 1.31. The van der Waals surface area contributed by atoms with E-state index in [1.165, 1.54) is 54.4 Å². The lowest BCUT2D eigenvalue weighted by Crippen LogP contribution is -2.69. The smallest absolute Gasteiger partial charge is 0.261 e. The van der Waals surface area contributed by atoms with Crippen LogP contribution in [0.2, 0.25) is 0 Å². The van der Waals surface area contributed by atoms with Gasteiger partial charge in [0.25, 0.3) is 5.91 Å². The Labute approximate surface area is 159 Å². The number of hydrogen-bond acceptors (Lipinski definition) is 3. The normalized spacial score (nSPS) is 31.1. The Hall–Kier alpha value is -1.39. The Morgan fingerprint density at radius 1 is 1.19 bits per heavy atom. The number of carbonyl (C=O) groups is 1. The molecule has 4 heterocycles. The summed E-state index contributed by atoms with van der Waals surface area (Å²) in [6.07, 6.45) is 4.95. The van der Waals surface area contributed by atoms with Crippen LogP contribution < -0.4 is 5.32 Å². The fourth-order valence-corrected chi connectivity index (χ4v) is 6.42. The van der Waals surface area contributed by atoms with Gasteiger partial charge in [-0.25, -0.2) is 0 Å². The Bertz CT molecular complexity index is 871. The maximum Gasteiger partial charge on any atom is 0.261 e. The van der Waals surface area contributed by atoms with Crippen molar-refractivity contribution in [1.29, 1.82) is 0 Å². The number of hydrogen-bond donors (Lipinski definition) is 1. The minimum atomic E-state index is 0.0557. The summed E-state index contributed by atoms with van der Waals surface area (Å²) in [5.41, 5.74) is 1.82. The number of nitrogens with one attached hydrogen (secondary N) is 1. The highest BCUT2D eigenvalue weighted by Gasteiger charge is 2.48. The van der Waals surface area contributed by atoms with E-state index in [-0.39, 0.29) is 17.5 Å². The first-order valence-electron chi connectivity index (χ1n) is 9.97. The quantitative estimate of drug-likeness (QED) is 0.862. The summed E-state index contributed by atoms with van der Waals surface area (Å²) in [5.74, 6) is 0.735. The molecule has 1 aliphatic carbocycles. The van der Waals surface area contributed by atoms with Crippen LogP contribution in [-0.4, -0.2) is 35.5 Å². The van der Waals surface area contributed by atoms with Gasteiger partial charge in [0.15, 0.2) is 0 Å². The van der Waals surface area contributed by atoms with Crippen molar-refractivity contribution in [1.82, 2.24) is 10.2 Å². The number of fused-ring (bicyclic) bond motifs is 4. The zero-order valence-electron chi connectivity index (χ0n) is 16.0. The molecule has 3 saturated heterocycles. The van der Waals surface area contributed by atoms with Crippen molar-refractivity contribution in [2.45, 2.75) is 63.5 Å². The zero-order chi connectivity index (χ0) is 18.1. The van der Waals surface area contributed by atoms with Gasteiger partial charge in [0.2, 0.25) is 0 Å². The van der Waals surface area contributed by atoms with Crippen LogP contribution in [0.5, 0.6) is 0 Å². The van der Waals surface area contributed by atoms with Crippen LogP contribution in [-0.2, 0) is 5.41 Å². The first-order valence-corrected chi connectivity index (χ1v) is 10.8. The van der Waals surface area contributed by atoms with E-state index >= 15 is 0 Å². The van der Waals surface area contributed by atoms with E-state index < -0.39 is 0 Å². The third kappa shape index (κ3) is 2.45. The van der Waals surface area contributed by atoms with Crippen LogP contribution in [0.15, 0.2) is 24.3 Å². The summed E-state index contributed by atoms with van der Waals surface area (Å²) >= 11 is 1.68. The van der Waals surface area contributed by atoms with Crippen molar-refractivity contribution in [3.05, 3.63) is 34.7 Å². The zero-order valence-corrected chi connectivity index (χ0v) is 16.8. The van der Waals surface area contributed by atoms with Gasteiger partial charge in [0, 0.05) is 16.3 Å². The van der Waals surface area contributed by atoms with Gasteiger partial charge in [-0.3, -0.25) is 9.69 Å². The minimum absolute atomic E-state index is 0.0557. The molecular formula is C22H28N2OS. The van der Waals surface area contributed by atoms with E-state index in [1.807, 2.05) is 0 Å². The van der Waals surface area contributed by atoms with Gasteiger partial charge in [-0.2, -0.15) is 0 Å². The van der Waals surface area contributed by atoms with Crippen LogP contribution in [0.3, 0.4) is 0 Å². The van der Waals surface area contributed by atoms with Crippen molar-refractivity contribution in [2.75, 3.05) is 13.1 Å². The summed E-state index contributed by atoms with van der Waals surface area (Å²) in [4.78, 5) is 16.5. The summed E-state index contributed by atoms with van der Waals surface area (Å²) in [5, 5.41) is 4.64. The van der Waals surface area contributed by atoms with E-state index in [2.05, 4.69) is 55.3 Å². The summed E-state index contributed by atoms with van der Waals surface area (Å²) in [6, 6.07) is 8.90. The third-order valence-corrected chi connectivity index (χ3v) is 8.47. The molecule has 26 heavy (non-hydrogen) atoms. The fourth-order valence-electron chi connectivity index (χ4n) is 5.20. The first kappa shape index (κ1) is 16.8. The van der Waals surface area contributed by atoms with E-state index in [0.717, 1.165) is 4.88 Å². The molecule has 1 amide bonds. The predicted molar refractivity (Wildman–Crippen MR) is 108 cm³/mol. The fraction of sp³-hybridized carbons (Fsp3) is 0.591. The maximum atomic E-state index is 13.1. The Morgan fingerprint density at radius 3 is 2.58 bits per heavy atom. The molecule has 4 fully saturated rings. The largest absolute Gasteiger partial charge is 0.346 e. The first-order chi connectivity index (χ1) is 12.4. The van der Waals surface area contributed by atoms with Crippen LogP contribution in [0.4, 0.5) is 0 Å². The molecule has 1 aromatic heterocycles. The number of benzene rings is 1. The number of thiophene rings is 1. The van der Waals surface area contributed by atoms with Gasteiger partial charge in [0.1, 0.15) is 0 Å². The van der Waals surface area contributed by atoms with E-state index in [4.69, 9.17) is 0 Å². The molecule has 0 spiro atoms. The van der Waals surface area contributed by atoms with Crippen molar-refractivity contribution in [3.63, 3.8) is 0 Å². The van der Waals surface area contributed by atoms with Crippen molar-refractivity contribution >= 4 is 27.3 Å². The molecule has 2 bridgehead atoms. The molecule has 1 atom stereocenters. The Balaban J connectivity index is 1.44. The lowest BCUT2D eigenvalue weighted by molar-refractivity contribution is -0.0377. The number of nitrogens with zero attached hydrogens (tertiary/aromatic N) is 1. The van der Waals surface area contributed by atoms with Gasteiger partial charge < -0.3 is 5.32 Å². The van der Waals surface area contributed by atoms with Gasteiger partial charge in [0.05, 0.1) is 4.88 Å². The van der Waals surface area contributed by atoms with Crippen LogP contribution in [0.1, 0.15) is 61.7 Å². The maximum absolute atomic E-state index is 13.1. The standard InChI is InChI=1S/C22H28N2OS/c1-21(2)19(14-7-11-24(21)12-8-14)23-20(25)17-13-15-5-4-6-16(18(15)26-17)22(3)9-10-22/h4-6,13-14,19H,7-12H2,1-3H3,(H,23,25). The second-order valence-electron chi connectivity index (χ2n) is 9.32. The third-order valence-electron chi connectivity index (χ3n) is 7.29. The van der Waals surface area contributed by atoms with Crippen LogP contribution >= 0.6 is 11.3 Å². The lowest BCUT2D eigenvalue weighted by Gasteiger charge is -2.56. The lowest BCUT2D eigenvalue weighted by atomic mass is 9.72. The topological polar surface area (TPSA) is 32.3 Å². The highest BCUT2D eigenvalue weighted by atomic mass is 32.1. The highest BCUT2D eigenvalue weighted by molar-refractivity contribution is 7.21. The average Bonchev–Trinajstić information content (AvgIpc) is 3.21. The number of amides is 1. The van der Waals surface area contributed by atoms with Crippen LogP contribution in [0.25, 0.3) is 10.1 Å². The van der Waals surface area contributed by atoms with Gasteiger partial charge in [-0.1, -0.05) is 25.1 Å². The van der Waals surface area contributed by atoms with Crippen molar-refractivity contribution < 1.29 is 4.79 Å². The molecule has 4 aliphatic rings. The van der Waals surface area contributed by atoms with E-state index in [9.17, 15) is 4.79 Å². The predicted octanol–water partition coefficient (Wildman–Crippen LogP) is 4.56. The molecule has 3 aliphatic heterocycles. The highest BCUT2D eigenvalue weighted by Crippen LogP contribution is 2.51. The van der Waals surface area contributed by atoms with Gasteiger partial charge >= 0.3 is 0 Å². The molecule has 1 saturated carbocycles. The molecule has 1 aromatic carbocycles. The van der Waals surface area contributed by atoms with Crippen molar-refractivity contribution in [3.8, 4) is 0 Å². The van der Waals surface area contributed by atoms with Gasteiger partial charge in [-0.15, -0.1) is 11.3 Å². The molecule has 2 aromatic rings. The van der Waals surface area contributed by atoms with Crippen LogP contribution in [0, 0.1) is 5.92 Å². The number of piperidine rings is 3. The molecular weight excluding hydrogens is 340 g/mol. The number of rotatable bonds is 3. The molecule has 1 unspecified atom stereocenters. The molecule has 6 rings (SSSR count). The molecule has 1 N–H and O–H groups in total. The van der Waals surface area contributed by atoms with Crippen molar-refractivity contribution in [2.24, 2.45) is 5.92 Å². The average molecular weight is 369 g/mol. The van der Waals surface area contributed by atoms with E-state index in [0.29, 0.717) is 11.3 Å². The monoisotopic (exact) mass is 368 g/mol. The summed E-state index contributed by atoms with van der Waals surface area (Å²) in [6.45, 7) is 9.28. The second-order valence-corrected chi connectivity index (χ2v) is 10.4. The van der Waals surface area contributed by atoms with E-state index in [1.54, 1.807) is 11.3 Å². The molecule has 0 radical (unpaired) electrons. The number of carbonyl (C=O) groups excluding carboxylic acids is 1. The SMILES string of the molecule is CC1(c2cccc3cc(C(=O)NC4C5CCN(CC5)C4(C)C)sc23)CC1. The molecule has 4 heteroatoms. The Morgan fingerprint density at radius 2 is 1.92 bits per heavy atom. The molecule has 138 valence electrons. The second kappa shape index (κ2) is 5.56.